The molecule has 5 nitrogen and oxygen atoms in total. The summed E-state index contributed by atoms with van der Waals surface area (Å²) in [5, 5.41) is 14.6. The molecule has 0 bridgehead atoms. The molecule has 0 aliphatic heterocycles. The lowest BCUT2D eigenvalue weighted by atomic mass is 9.95. The van der Waals surface area contributed by atoms with Crippen LogP contribution in [0.2, 0.25) is 0 Å². The number of amides is 1. The van der Waals surface area contributed by atoms with E-state index in [2.05, 4.69) is 5.32 Å². The molecule has 1 amide bonds. The number of carbonyl (C=O) groups is 2. The van der Waals surface area contributed by atoms with Crippen molar-refractivity contribution >= 4 is 22.5 Å². The number of nitrogens with one attached hydrogen (secondary N) is 1. The standard InChI is InChI=1S/C27H29NO4/c29-23-11-15-25(16-12-23)32-24-13-9-20(10-14-24)26(30)6-3-17-28-27(31)22-8-7-19-4-1-2-5-21(19)18-22/h1-2,4-5,7-10,13-14,18,23,25,29H,3,6,11-12,15-17H2,(H,28,31). The summed E-state index contributed by atoms with van der Waals surface area (Å²) in [5.41, 5.74) is 1.27. The Morgan fingerprint density at radius 3 is 2.31 bits per heavy atom. The molecule has 0 atom stereocenters. The molecule has 3 aromatic carbocycles. The summed E-state index contributed by atoms with van der Waals surface area (Å²) in [6, 6.07) is 20.8. The molecule has 32 heavy (non-hydrogen) atoms. The van der Waals surface area contributed by atoms with Crippen molar-refractivity contribution in [2.45, 2.75) is 50.7 Å². The highest BCUT2D eigenvalue weighted by Crippen LogP contribution is 2.24. The van der Waals surface area contributed by atoms with E-state index in [-0.39, 0.29) is 23.9 Å². The van der Waals surface area contributed by atoms with E-state index in [1.54, 1.807) is 12.1 Å². The minimum atomic E-state index is -0.202. The number of aliphatic hydroxyl groups excluding tert-OH is 1. The smallest absolute Gasteiger partial charge is 0.251 e. The van der Waals surface area contributed by atoms with Gasteiger partial charge < -0.3 is 15.2 Å². The topological polar surface area (TPSA) is 75.6 Å². The van der Waals surface area contributed by atoms with E-state index in [1.807, 2.05) is 54.6 Å². The average Bonchev–Trinajstić information content (AvgIpc) is 2.83. The molecule has 3 aromatic rings. The van der Waals surface area contributed by atoms with Crippen molar-refractivity contribution in [1.82, 2.24) is 5.32 Å². The Balaban J connectivity index is 1.21. The second-order valence-electron chi connectivity index (χ2n) is 8.42. The van der Waals surface area contributed by atoms with Crippen LogP contribution in [0.4, 0.5) is 0 Å². The van der Waals surface area contributed by atoms with Gasteiger partial charge in [-0.1, -0.05) is 30.3 Å². The number of ketones is 1. The van der Waals surface area contributed by atoms with Crippen LogP contribution in [-0.4, -0.2) is 35.5 Å². The number of hydrogen-bond donors (Lipinski definition) is 2. The quantitative estimate of drug-likeness (QED) is 0.392. The molecular weight excluding hydrogens is 402 g/mol. The van der Waals surface area contributed by atoms with Gasteiger partial charge in [0.05, 0.1) is 12.2 Å². The van der Waals surface area contributed by atoms with E-state index < -0.39 is 0 Å². The highest BCUT2D eigenvalue weighted by molar-refractivity contribution is 5.98. The van der Waals surface area contributed by atoms with Gasteiger partial charge in [0.1, 0.15) is 5.75 Å². The first kappa shape index (κ1) is 22.0. The van der Waals surface area contributed by atoms with E-state index in [0.29, 0.717) is 30.5 Å². The third-order valence-corrected chi connectivity index (χ3v) is 6.00. The molecule has 1 aliphatic rings. The largest absolute Gasteiger partial charge is 0.490 e. The van der Waals surface area contributed by atoms with Crippen molar-refractivity contribution in [1.29, 1.82) is 0 Å². The highest BCUT2D eigenvalue weighted by Gasteiger charge is 2.20. The lowest BCUT2D eigenvalue weighted by Crippen LogP contribution is -2.26. The number of fused-ring (bicyclic) bond motifs is 1. The molecule has 0 radical (unpaired) electrons. The molecule has 0 spiro atoms. The summed E-state index contributed by atoms with van der Waals surface area (Å²) in [7, 11) is 0. The van der Waals surface area contributed by atoms with E-state index in [9.17, 15) is 14.7 Å². The van der Waals surface area contributed by atoms with Gasteiger partial charge >= 0.3 is 0 Å². The van der Waals surface area contributed by atoms with E-state index in [4.69, 9.17) is 4.74 Å². The molecule has 2 N–H and O–H groups in total. The second-order valence-corrected chi connectivity index (χ2v) is 8.42. The summed E-state index contributed by atoms with van der Waals surface area (Å²) < 4.78 is 5.96. The van der Waals surface area contributed by atoms with Gasteiger partial charge in [0.25, 0.3) is 5.91 Å². The van der Waals surface area contributed by atoms with Crippen molar-refractivity contribution < 1.29 is 19.4 Å². The zero-order valence-electron chi connectivity index (χ0n) is 18.1. The van der Waals surface area contributed by atoms with Crippen molar-refractivity contribution in [3.63, 3.8) is 0 Å². The molecule has 1 fully saturated rings. The van der Waals surface area contributed by atoms with Gasteiger partial charge in [-0.15, -0.1) is 0 Å². The fraction of sp³-hybridized carbons (Fsp3) is 0.333. The Bertz CT molecular complexity index is 1070. The van der Waals surface area contributed by atoms with Gasteiger partial charge in [0, 0.05) is 24.1 Å². The molecule has 166 valence electrons. The number of hydrogen-bond acceptors (Lipinski definition) is 4. The van der Waals surface area contributed by atoms with Gasteiger partial charge in [-0.3, -0.25) is 9.59 Å². The van der Waals surface area contributed by atoms with E-state index >= 15 is 0 Å². The Morgan fingerprint density at radius 2 is 1.56 bits per heavy atom. The van der Waals surface area contributed by atoms with Crippen molar-refractivity contribution in [3.8, 4) is 5.75 Å². The highest BCUT2D eigenvalue weighted by atomic mass is 16.5. The van der Waals surface area contributed by atoms with Gasteiger partial charge in [-0.2, -0.15) is 0 Å². The SMILES string of the molecule is O=C(CCCNC(=O)c1ccc2ccccc2c1)c1ccc(OC2CCC(O)CC2)cc1. The molecule has 0 heterocycles. The first-order chi connectivity index (χ1) is 15.6. The number of ether oxygens (including phenoxy) is 1. The van der Waals surface area contributed by atoms with Crippen LogP contribution in [0.5, 0.6) is 5.75 Å². The van der Waals surface area contributed by atoms with Crippen LogP contribution in [0.3, 0.4) is 0 Å². The van der Waals surface area contributed by atoms with Crippen LogP contribution in [0.1, 0.15) is 59.2 Å². The summed E-state index contributed by atoms with van der Waals surface area (Å²) in [5.74, 6) is 0.683. The van der Waals surface area contributed by atoms with Crippen LogP contribution >= 0.6 is 0 Å². The number of carbonyl (C=O) groups excluding carboxylic acids is 2. The van der Waals surface area contributed by atoms with Gasteiger partial charge in [0.15, 0.2) is 5.78 Å². The van der Waals surface area contributed by atoms with Crippen LogP contribution in [0, 0.1) is 0 Å². The number of Topliss-reactive ketones (excluding diaryl/α,β-unsaturated/α-hetero) is 1. The molecule has 1 aliphatic carbocycles. The Hall–Kier alpha value is -3.18. The Morgan fingerprint density at radius 1 is 0.875 bits per heavy atom. The van der Waals surface area contributed by atoms with Crippen molar-refractivity contribution in [2.24, 2.45) is 0 Å². The molecule has 5 heteroatoms. The fourth-order valence-corrected chi connectivity index (χ4v) is 4.10. The van der Waals surface area contributed by atoms with E-state index in [0.717, 1.165) is 42.2 Å². The zero-order chi connectivity index (χ0) is 22.3. The maximum absolute atomic E-state index is 12.5. The predicted octanol–water partition coefficient (Wildman–Crippen LogP) is 4.92. The monoisotopic (exact) mass is 431 g/mol. The lowest BCUT2D eigenvalue weighted by Gasteiger charge is -2.26. The second kappa shape index (κ2) is 10.4. The summed E-state index contributed by atoms with van der Waals surface area (Å²) >= 11 is 0. The number of aliphatic hydroxyl groups is 1. The molecule has 4 rings (SSSR count). The fourth-order valence-electron chi connectivity index (χ4n) is 4.10. The van der Waals surface area contributed by atoms with Crippen LogP contribution in [0.25, 0.3) is 10.8 Å². The van der Waals surface area contributed by atoms with Crippen molar-refractivity contribution in [2.75, 3.05) is 6.54 Å². The summed E-state index contributed by atoms with van der Waals surface area (Å²) in [4.78, 5) is 24.9. The normalized spacial score (nSPS) is 18.3. The molecular formula is C27H29NO4. The van der Waals surface area contributed by atoms with Crippen LogP contribution in [-0.2, 0) is 0 Å². The molecule has 0 aromatic heterocycles. The first-order valence-corrected chi connectivity index (χ1v) is 11.3. The van der Waals surface area contributed by atoms with Gasteiger partial charge in [-0.05, 0) is 79.3 Å². The Labute approximate surface area is 188 Å². The maximum atomic E-state index is 12.5. The molecule has 0 unspecified atom stereocenters. The minimum Gasteiger partial charge on any atom is -0.490 e. The number of rotatable bonds is 8. The summed E-state index contributed by atoms with van der Waals surface area (Å²) in [6.45, 7) is 0.451. The maximum Gasteiger partial charge on any atom is 0.251 e. The first-order valence-electron chi connectivity index (χ1n) is 11.3. The van der Waals surface area contributed by atoms with Crippen LogP contribution < -0.4 is 10.1 Å². The Kier molecular flexibility index (Phi) is 7.17. The predicted molar refractivity (Wildman–Crippen MR) is 125 cm³/mol. The zero-order valence-corrected chi connectivity index (χ0v) is 18.1. The van der Waals surface area contributed by atoms with Gasteiger partial charge in [0.2, 0.25) is 0 Å². The third kappa shape index (κ3) is 5.74. The number of benzene rings is 3. The third-order valence-electron chi connectivity index (χ3n) is 6.00. The lowest BCUT2D eigenvalue weighted by molar-refractivity contribution is 0.0665. The summed E-state index contributed by atoms with van der Waals surface area (Å²) in [6.07, 6.45) is 4.15. The average molecular weight is 432 g/mol. The van der Waals surface area contributed by atoms with Gasteiger partial charge in [-0.25, -0.2) is 0 Å². The van der Waals surface area contributed by atoms with E-state index in [1.165, 1.54) is 0 Å². The minimum absolute atomic E-state index is 0.0530. The molecule has 0 saturated heterocycles. The van der Waals surface area contributed by atoms with Crippen LogP contribution in [0.15, 0.2) is 66.7 Å². The molecule has 1 saturated carbocycles. The van der Waals surface area contributed by atoms with Crippen molar-refractivity contribution in [3.05, 3.63) is 77.9 Å².